The lowest BCUT2D eigenvalue weighted by Crippen LogP contribution is -2.49. The molecule has 7 heteroatoms. The maximum atomic E-state index is 12.3. The number of rotatable bonds is 10. The summed E-state index contributed by atoms with van der Waals surface area (Å²) < 4.78 is 16.0. The van der Waals surface area contributed by atoms with Crippen molar-refractivity contribution in [3.8, 4) is 11.5 Å². The van der Waals surface area contributed by atoms with Gasteiger partial charge < -0.3 is 30.0 Å². The molecule has 0 fully saturated rings. The Bertz CT molecular complexity index is 820. The van der Waals surface area contributed by atoms with Gasteiger partial charge in [0.25, 0.3) is 0 Å². The summed E-state index contributed by atoms with van der Waals surface area (Å²) in [6.07, 6.45) is -0.875. The average Bonchev–Trinajstić information content (AvgIpc) is 2.72. The minimum atomic E-state index is -0.812. The first kappa shape index (κ1) is 24.5. The Balaban J connectivity index is 1.99. The Morgan fingerprint density at radius 3 is 2.29 bits per heavy atom. The lowest BCUT2D eigenvalue weighted by molar-refractivity contribution is 0.0422. The fourth-order valence-electron chi connectivity index (χ4n) is 3.11. The van der Waals surface area contributed by atoms with Crippen LogP contribution in [0, 0.1) is 0 Å². The van der Waals surface area contributed by atoms with Gasteiger partial charge in [-0.05, 0) is 50.5 Å². The molecule has 0 aromatic heterocycles. The molecule has 0 unspecified atom stereocenters. The van der Waals surface area contributed by atoms with Crippen LogP contribution in [0.5, 0.6) is 11.5 Å². The van der Waals surface area contributed by atoms with Crippen LogP contribution < -0.4 is 20.1 Å². The van der Waals surface area contributed by atoms with E-state index in [1.54, 1.807) is 35.0 Å². The lowest BCUT2D eigenvalue weighted by atomic mass is 10.0. The molecule has 170 valence electrons. The summed E-state index contributed by atoms with van der Waals surface area (Å²) in [6.45, 7) is 6.24. The topological polar surface area (TPSA) is 89.1 Å². The average molecular weight is 431 g/mol. The van der Waals surface area contributed by atoms with Crippen LogP contribution in [0.1, 0.15) is 31.9 Å². The Labute approximate surface area is 184 Å². The van der Waals surface area contributed by atoms with E-state index < -0.39 is 23.8 Å². The number of nitrogens with one attached hydrogen (secondary N) is 2. The highest BCUT2D eigenvalue weighted by Gasteiger charge is 2.25. The van der Waals surface area contributed by atoms with E-state index in [4.69, 9.17) is 14.2 Å². The van der Waals surface area contributed by atoms with Crippen molar-refractivity contribution in [3.05, 3.63) is 59.7 Å². The van der Waals surface area contributed by atoms with E-state index in [-0.39, 0.29) is 0 Å². The third-order valence-corrected chi connectivity index (χ3v) is 4.60. The van der Waals surface area contributed by atoms with Crippen molar-refractivity contribution in [2.24, 2.45) is 0 Å². The zero-order chi connectivity index (χ0) is 22.9. The van der Waals surface area contributed by atoms with Crippen molar-refractivity contribution >= 4 is 6.09 Å². The molecule has 0 bridgehead atoms. The van der Waals surface area contributed by atoms with Crippen LogP contribution in [-0.2, 0) is 17.7 Å². The minimum absolute atomic E-state index is 0.293. The Morgan fingerprint density at radius 1 is 1.00 bits per heavy atom. The van der Waals surface area contributed by atoms with Gasteiger partial charge in [0.1, 0.15) is 5.60 Å². The molecule has 2 rings (SSSR count). The monoisotopic (exact) mass is 430 g/mol. The van der Waals surface area contributed by atoms with Crippen molar-refractivity contribution < 1.29 is 24.1 Å². The van der Waals surface area contributed by atoms with Gasteiger partial charge in [-0.2, -0.15) is 0 Å². The third-order valence-electron chi connectivity index (χ3n) is 4.60. The Hall–Kier alpha value is -2.77. The second-order valence-electron chi connectivity index (χ2n) is 8.33. The summed E-state index contributed by atoms with van der Waals surface area (Å²) in [4.78, 5) is 12.3. The fraction of sp³-hybridized carbons (Fsp3) is 0.458. The van der Waals surface area contributed by atoms with Crippen LogP contribution in [0.4, 0.5) is 4.79 Å². The van der Waals surface area contributed by atoms with Crippen LogP contribution >= 0.6 is 0 Å². The molecule has 1 amide bonds. The van der Waals surface area contributed by atoms with Crippen molar-refractivity contribution in [1.82, 2.24) is 10.6 Å². The molecule has 31 heavy (non-hydrogen) atoms. The van der Waals surface area contributed by atoms with Crippen LogP contribution in [0.25, 0.3) is 0 Å². The first-order valence-electron chi connectivity index (χ1n) is 10.3. The molecule has 0 saturated carbocycles. The molecule has 0 aliphatic rings. The van der Waals surface area contributed by atoms with E-state index in [2.05, 4.69) is 10.6 Å². The normalized spacial score (nSPS) is 13.2. The summed E-state index contributed by atoms with van der Waals surface area (Å²) in [5.74, 6) is 1.31. The van der Waals surface area contributed by atoms with Gasteiger partial charge in [0.2, 0.25) is 0 Å². The molecule has 0 aliphatic heterocycles. The summed E-state index contributed by atoms with van der Waals surface area (Å²) in [5.41, 5.74) is 1.39. The van der Waals surface area contributed by atoms with Crippen LogP contribution in [0.15, 0.2) is 48.5 Å². The van der Waals surface area contributed by atoms with Gasteiger partial charge in [0.15, 0.2) is 11.5 Å². The van der Waals surface area contributed by atoms with Gasteiger partial charge >= 0.3 is 6.09 Å². The number of benzene rings is 2. The predicted octanol–water partition coefficient (Wildman–Crippen LogP) is 3.29. The van der Waals surface area contributed by atoms with Gasteiger partial charge in [-0.1, -0.05) is 36.4 Å². The largest absolute Gasteiger partial charge is 0.493 e. The third kappa shape index (κ3) is 8.47. The molecule has 0 spiro atoms. The maximum Gasteiger partial charge on any atom is 0.407 e. The zero-order valence-corrected chi connectivity index (χ0v) is 19.0. The smallest absolute Gasteiger partial charge is 0.407 e. The van der Waals surface area contributed by atoms with Crippen molar-refractivity contribution in [2.45, 2.75) is 51.5 Å². The van der Waals surface area contributed by atoms with Crippen molar-refractivity contribution in [2.75, 3.05) is 20.8 Å². The van der Waals surface area contributed by atoms with E-state index in [9.17, 15) is 9.90 Å². The number of amides is 1. The summed E-state index contributed by atoms with van der Waals surface area (Å²) in [5, 5.41) is 16.9. The molecule has 2 atom stereocenters. The highest BCUT2D eigenvalue weighted by atomic mass is 16.6. The molecule has 0 saturated heterocycles. The Morgan fingerprint density at radius 2 is 1.68 bits per heavy atom. The van der Waals surface area contributed by atoms with Gasteiger partial charge in [0, 0.05) is 13.1 Å². The SMILES string of the molecule is COc1ccc(CNC[C@@H](O)[C@H](Cc2ccccc2)NC(=O)OC(C)(C)C)cc1OC. The molecule has 3 N–H and O–H groups in total. The van der Waals surface area contributed by atoms with Crippen molar-refractivity contribution in [3.63, 3.8) is 0 Å². The number of carbonyl (C=O) groups excluding carboxylic acids is 1. The highest BCUT2D eigenvalue weighted by Crippen LogP contribution is 2.27. The van der Waals surface area contributed by atoms with E-state index in [1.807, 2.05) is 48.5 Å². The van der Waals surface area contributed by atoms with Crippen molar-refractivity contribution in [1.29, 1.82) is 0 Å². The summed E-state index contributed by atoms with van der Waals surface area (Å²) in [7, 11) is 3.19. The number of alkyl carbamates (subject to hydrolysis) is 1. The molecule has 0 aliphatic carbocycles. The van der Waals surface area contributed by atoms with E-state index in [0.29, 0.717) is 31.0 Å². The first-order valence-corrected chi connectivity index (χ1v) is 10.3. The molecule has 2 aromatic rings. The maximum absolute atomic E-state index is 12.3. The minimum Gasteiger partial charge on any atom is -0.493 e. The molecular formula is C24H34N2O5. The van der Waals surface area contributed by atoms with Crippen LogP contribution in [0.2, 0.25) is 0 Å². The molecule has 7 nitrogen and oxygen atoms in total. The number of carbonyl (C=O) groups is 1. The number of aliphatic hydroxyl groups is 1. The quantitative estimate of drug-likeness (QED) is 0.536. The van der Waals surface area contributed by atoms with E-state index in [1.165, 1.54) is 0 Å². The number of hydrogen-bond donors (Lipinski definition) is 3. The van der Waals surface area contributed by atoms with Gasteiger partial charge in [0.05, 0.1) is 26.4 Å². The van der Waals surface area contributed by atoms with Gasteiger partial charge in [-0.25, -0.2) is 4.79 Å². The number of ether oxygens (including phenoxy) is 3. The number of hydrogen-bond acceptors (Lipinski definition) is 6. The molecule has 0 heterocycles. The van der Waals surface area contributed by atoms with Crippen LogP contribution in [-0.4, -0.2) is 49.7 Å². The molecule has 0 radical (unpaired) electrons. The predicted molar refractivity (Wildman–Crippen MR) is 121 cm³/mol. The second-order valence-corrected chi connectivity index (χ2v) is 8.33. The number of aliphatic hydroxyl groups excluding tert-OH is 1. The highest BCUT2D eigenvalue weighted by molar-refractivity contribution is 5.68. The zero-order valence-electron chi connectivity index (χ0n) is 19.0. The first-order chi connectivity index (χ1) is 14.7. The van der Waals surface area contributed by atoms with Crippen LogP contribution in [0.3, 0.4) is 0 Å². The lowest BCUT2D eigenvalue weighted by Gasteiger charge is -2.27. The summed E-state index contributed by atoms with van der Waals surface area (Å²) >= 11 is 0. The van der Waals surface area contributed by atoms with Gasteiger partial charge in [-0.3, -0.25) is 0 Å². The van der Waals surface area contributed by atoms with E-state index in [0.717, 1.165) is 11.1 Å². The summed E-state index contributed by atoms with van der Waals surface area (Å²) in [6, 6.07) is 14.9. The van der Waals surface area contributed by atoms with E-state index >= 15 is 0 Å². The fourth-order valence-corrected chi connectivity index (χ4v) is 3.11. The van der Waals surface area contributed by atoms with Gasteiger partial charge in [-0.15, -0.1) is 0 Å². The second kappa shape index (κ2) is 11.6. The Kier molecular flexibility index (Phi) is 9.15. The standard InChI is InChI=1S/C24H34N2O5/c1-24(2,3)31-23(28)26-19(13-17-9-7-6-8-10-17)20(27)16-25-15-18-11-12-21(29-4)22(14-18)30-5/h6-12,14,19-20,25,27H,13,15-16H2,1-5H3,(H,26,28)/t19-,20+/m0/s1. The molecular weight excluding hydrogens is 396 g/mol. The molecule has 2 aromatic carbocycles. The number of methoxy groups -OCH3 is 2.